The number of hydrogen-bond donors (Lipinski definition) is 4. The molecule has 0 saturated heterocycles. The largest absolute Gasteiger partial charge is 0.472 e. The molecule has 0 amide bonds. The second-order valence-corrected chi connectivity index (χ2v) is 40.0. The minimum atomic E-state index is -4.95. The van der Waals surface area contributed by atoms with Crippen LogP contribution in [0.25, 0.3) is 0 Å². The molecule has 0 heterocycles. The van der Waals surface area contributed by atoms with Crippen molar-refractivity contribution in [1.29, 1.82) is 0 Å². The number of ether oxygens (including phenoxy) is 3. The van der Waals surface area contributed by atoms with Gasteiger partial charge in [0.25, 0.3) is 0 Å². The first-order valence-corrected chi connectivity index (χ1v) is 58.4. The summed E-state index contributed by atoms with van der Waals surface area (Å²) >= 11 is 0. The summed E-state index contributed by atoms with van der Waals surface area (Å²) < 4.78 is 61.8. The molecular weight excluding hydrogens is 1720 g/mol. The highest BCUT2D eigenvalue weighted by atomic mass is 31.2. The van der Waals surface area contributed by atoms with E-state index in [2.05, 4.69) is 191 Å². The maximum absolute atomic E-state index is 13.2. The Labute approximate surface area is 828 Å². The first-order chi connectivity index (χ1) is 66.2. The van der Waals surface area contributed by atoms with Crippen LogP contribution in [-0.2, 0) is 55.8 Å². The minimum absolute atomic E-state index is 0.0996. The number of phosphoric ester groups is 2. The fourth-order valence-electron chi connectivity index (χ4n) is 15.5. The van der Waals surface area contributed by atoms with Crippen LogP contribution in [0.1, 0.15) is 496 Å². The number of aliphatic hydroxyl groups excluding tert-OH is 2. The molecule has 778 valence electrons. The van der Waals surface area contributed by atoms with Gasteiger partial charge in [-0.2, -0.15) is 0 Å². The maximum Gasteiger partial charge on any atom is 0.472 e. The van der Waals surface area contributed by atoms with Gasteiger partial charge in [-0.25, -0.2) is 9.13 Å². The van der Waals surface area contributed by atoms with Crippen LogP contribution < -0.4 is 0 Å². The van der Waals surface area contributed by atoms with Crippen LogP contribution in [-0.4, -0.2) is 95.9 Å². The van der Waals surface area contributed by atoms with E-state index in [-0.39, 0.29) is 19.3 Å². The Balaban J connectivity index is 4.59. The number of unbranched alkanes of at least 4 members (excludes halogenated alkanes) is 54. The van der Waals surface area contributed by atoms with Crippen LogP contribution in [0.5, 0.6) is 0 Å². The molecule has 5 unspecified atom stereocenters. The predicted octanol–water partition coefficient (Wildman–Crippen LogP) is 35.7. The zero-order valence-electron chi connectivity index (χ0n) is 86.5. The van der Waals surface area contributed by atoms with E-state index < -0.39 is 91.5 Å². The summed E-state index contributed by atoms with van der Waals surface area (Å²) in [5.74, 6) is -1.55. The molecule has 0 fully saturated rings. The lowest BCUT2D eigenvalue weighted by molar-refractivity contribution is -0.161. The average molecular weight is 1930 g/mol. The zero-order chi connectivity index (χ0) is 97.8. The van der Waals surface area contributed by atoms with Crippen molar-refractivity contribution in [2.75, 3.05) is 39.6 Å². The molecule has 0 spiro atoms. The van der Waals surface area contributed by atoms with Crippen molar-refractivity contribution in [3.8, 4) is 0 Å². The summed E-state index contributed by atoms with van der Waals surface area (Å²) in [4.78, 5) is 59.4. The highest BCUT2D eigenvalue weighted by molar-refractivity contribution is 7.47. The monoisotopic (exact) mass is 1930 g/mol. The summed E-state index contributed by atoms with van der Waals surface area (Å²) in [6.45, 7) is 2.61. The summed E-state index contributed by atoms with van der Waals surface area (Å²) in [7, 11) is -9.82. The van der Waals surface area contributed by atoms with Gasteiger partial charge in [0.15, 0.2) is 6.10 Å². The molecule has 0 aromatic rings. The number of carbonyl (C=O) groups excluding carboxylic acids is 3. The second-order valence-electron chi connectivity index (χ2n) is 37.1. The van der Waals surface area contributed by atoms with Gasteiger partial charge in [-0.05, 0) is 161 Å². The van der Waals surface area contributed by atoms with Crippen LogP contribution in [0.15, 0.2) is 170 Å². The van der Waals surface area contributed by atoms with Crippen molar-refractivity contribution in [3.05, 3.63) is 170 Å². The molecule has 18 heteroatoms. The summed E-state index contributed by atoms with van der Waals surface area (Å²) in [5, 5.41) is 20.8. The molecule has 16 nitrogen and oxygen atoms in total. The molecule has 0 aromatic carbocycles. The van der Waals surface area contributed by atoms with Gasteiger partial charge in [0, 0.05) is 19.3 Å². The summed E-state index contributed by atoms with van der Waals surface area (Å²) in [6, 6.07) is 0. The van der Waals surface area contributed by atoms with Gasteiger partial charge in [0.05, 0.1) is 26.4 Å². The van der Waals surface area contributed by atoms with Crippen molar-refractivity contribution in [1.82, 2.24) is 0 Å². The van der Waals surface area contributed by atoms with E-state index in [1.807, 2.05) is 0 Å². The van der Waals surface area contributed by atoms with E-state index in [4.69, 9.17) is 32.3 Å². The Morgan fingerprint density at radius 2 is 0.393 bits per heavy atom. The third-order valence-corrected chi connectivity index (χ3v) is 25.8. The predicted molar refractivity (Wildman–Crippen MR) is 574 cm³/mol. The van der Waals surface area contributed by atoms with E-state index in [0.717, 1.165) is 148 Å². The number of esters is 3. The summed E-state index contributed by atoms with van der Waals surface area (Å²) in [5.41, 5.74) is 0. The van der Waals surface area contributed by atoms with Crippen LogP contribution in [0, 0.1) is 0 Å². The molecule has 0 radical (unpaired) electrons. The van der Waals surface area contributed by atoms with E-state index in [9.17, 15) is 43.5 Å². The number of rotatable bonds is 105. The second kappa shape index (κ2) is 108. The Bertz CT molecular complexity index is 3140. The van der Waals surface area contributed by atoms with Gasteiger partial charge < -0.3 is 34.2 Å². The number of aliphatic hydroxyl groups is 2. The molecular formula is C117H204O16P2. The molecule has 0 aliphatic carbocycles. The van der Waals surface area contributed by atoms with Crippen LogP contribution in [0.2, 0.25) is 0 Å². The minimum Gasteiger partial charge on any atom is -0.463 e. The molecule has 135 heavy (non-hydrogen) atoms. The molecule has 5 atom stereocenters. The normalized spacial score (nSPS) is 14.2. The molecule has 0 bridgehead atoms. The fraction of sp³-hybridized carbons (Fsp3) is 0.735. The number of carbonyl (C=O) groups is 3. The lowest BCUT2D eigenvalue weighted by Gasteiger charge is -2.21. The molecule has 0 saturated carbocycles. The Morgan fingerprint density at radius 1 is 0.215 bits per heavy atom. The quantitative estimate of drug-likeness (QED) is 0.0146. The first-order valence-electron chi connectivity index (χ1n) is 55.4. The maximum atomic E-state index is 13.2. The highest BCUT2D eigenvalue weighted by Gasteiger charge is 2.30. The van der Waals surface area contributed by atoms with Gasteiger partial charge >= 0.3 is 33.6 Å². The van der Waals surface area contributed by atoms with E-state index in [1.165, 1.54) is 289 Å². The van der Waals surface area contributed by atoms with Crippen molar-refractivity contribution >= 4 is 33.6 Å². The Morgan fingerprint density at radius 3 is 0.622 bits per heavy atom. The molecule has 0 aromatic heterocycles. The third kappa shape index (κ3) is 109. The topological polar surface area (TPSA) is 231 Å². The Kier molecular flexibility index (Phi) is 104. The van der Waals surface area contributed by atoms with Crippen LogP contribution in [0.4, 0.5) is 0 Å². The molecule has 0 aliphatic rings. The first kappa shape index (κ1) is 130. The van der Waals surface area contributed by atoms with Gasteiger partial charge in [0.2, 0.25) is 0 Å². The molecule has 4 N–H and O–H groups in total. The van der Waals surface area contributed by atoms with Gasteiger partial charge in [-0.15, -0.1) is 0 Å². The molecule has 0 aliphatic heterocycles. The van der Waals surface area contributed by atoms with E-state index in [1.54, 1.807) is 0 Å². The number of phosphoric acid groups is 2. The van der Waals surface area contributed by atoms with Gasteiger partial charge in [0.1, 0.15) is 25.4 Å². The SMILES string of the molecule is CC/C=C\C/C=C\C/C=C\C/C=C\C/C=C\C/C=C\CCCCCCCCCCCCCCC(=O)OC(COC(=O)CCCCCCCCCCCCCCCCCCC/C=C\C/C=C\C/C=C\C/C=C\CCCCC)COP(=O)(O)OCC(O)COP(=O)(O)OCC(O)COC(=O)CCCCCCCCCCCCCCCCCCCCC/C=C\C/C=C\C/C=C\C/C=C\CCCCC. The zero-order valence-corrected chi connectivity index (χ0v) is 88.3. The van der Waals surface area contributed by atoms with Crippen LogP contribution in [0.3, 0.4) is 0 Å². The number of hydrogen-bond acceptors (Lipinski definition) is 14. The van der Waals surface area contributed by atoms with Gasteiger partial charge in [-0.3, -0.25) is 32.5 Å². The van der Waals surface area contributed by atoms with Crippen molar-refractivity contribution < 1.29 is 75.8 Å². The van der Waals surface area contributed by atoms with Crippen molar-refractivity contribution in [3.63, 3.8) is 0 Å². The van der Waals surface area contributed by atoms with E-state index in [0.29, 0.717) is 19.3 Å². The third-order valence-electron chi connectivity index (χ3n) is 23.9. The van der Waals surface area contributed by atoms with E-state index >= 15 is 0 Å². The standard InChI is InChI=1S/C117H204O16P2/c1-4-7-10-13-16-19-22-25-28-31-34-37-40-43-46-49-52-54-55-57-60-61-64-67-70-73-76-79-82-85-88-91-94-97-100-103-115(120)127-106-112(118)107-129-134(123,124)130-108-113(119)109-131-135(125,126)132-111-114(133-117(122)105-102-99-96-93-90-87-84-81-78-75-72-69-66-63-58-51-48-45-42-39-36-33-30-27-24-21-18-15-12-9-6-3)110-128-116(121)104-101-98-95-92-89-86-83-80-77-74-71-68-65-62-59-56-53-50-47-44-41-38-35-32-29-26-23-20-17-14-11-8-5-2/h9,12,16-21,25-30,34-39,43-48,58,63,112-114,118-119H,4-8,10-11,13-15,22-24,31-33,40-42,49-57,59-62,64-111H2,1-3H3,(H,123,124)(H,125,126)/b12-9-,19-16-,20-17-,21-18-,28-25-,29-26-,30-27-,37-34-,38-35-,39-36-,46-43-,47-44-,48-45-,63-58-. The lowest BCUT2D eigenvalue weighted by Crippen LogP contribution is -2.30. The Hall–Kier alpha value is -5.09. The smallest absolute Gasteiger partial charge is 0.463 e. The summed E-state index contributed by atoms with van der Waals surface area (Å²) in [6.07, 6.45) is 143. The lowest BCUT2D eigenvalue weighted by atomic mass is 10.0. The molecule has 0 rings (SSSR count). The van der Waals surface area contributed by atoms with Crippen molar-refractivity contribution in [2.24, 2.45) is 0 Å². The average Bonchev–Trinajstić information content (AvgIpc) is 0.895. The van der Waals surface area contributed by atoms with Crippen molar-refractivity contribution in [2.45, 2.75) is 514 Å². The highest BCUT2D eigenvalue weighted by Crippen LogP contribution is 2.45. The fourth-order valence-corrected chi connectivity index (χ4v) is 17.1. The number of allylic oxidation sites excluding steroid dienone is 28. The van der Waals surface area contributed by atoms with Gasteiger partial charge in [-0.1, -0.05) is 486 Å². The van der Waals surface area contributed by atoms with Crippen LogP contribution >= 0.6 is 15.6 Å².